The fourth-order valence-corrected chi connectivity index (χ4v) is 2.60. The van der Waals surface area contributed by atoms with Crippen molar-refractivity contribution in [3.63, 3.8) is 0 Å². The number of methoxy groups -OCH3 is 1. The van der Waals surface area contributed by atoms with E-state index in [1.165, 1.54) is 4.90 Å². The molecule has 21 heavy (non-hydrogen) atoms. The van der Waals surface area contributed by atoms with Crippen LogP contribution in [0.3, 0.4) is 0 Å². The fourth-order valence-electron chi connectivity index (χ4n) is 2.47. The highest BCUT2D eigenvalue weighted by Crippen LogP contribution is 2.38. The molecule has 0 aliphatic heterocycles. The molecule has 6 heteroatoms. The summed E-state index contributed by atoms with van der Waals surface area (Å²) in [4.78, 5) is 24.8. The summed E-state index contributed by atoms with van der Waals surface area (Å²) >= 11 is 5.82. The Morgan fingerprint density at radius 3 is 2.38 bits per heavy atom. The first-order valence-electron chi connectivity index (χ1n) is 6.79. The molecule has 0 spiro atoms. The van der Waals surface area contributed by atoms with Crippen LogP contribution in [0.1, 0.15) is 25.7 Å². The number of nitrogens with zero attached hydrogens (tertiary/aromatic N) is 1. The first kappa shape index (κ1) is 15.8. The number of hydrogen-bond acceptors (Lipinski definition) is 3. The van der Waals surface area contributed by atoms with Gasteiger partial charge in [-0.1, -0.05) is 11.6 Å². The van der Waals surface area contributed by atoms with Gasteiger partial charge in [-0.2, -0.15) is 0 Å². The molecule has 2 rings (SSSR count). The van der Waals surface area contributed by atoms with E-state index in [2.05, 4.69) is 0 Å². The van der Waals surface area contributed by atoms with Crippen molar-refractivity contribution in [1.82, 2.24) is 0 Å². The van der Waals surface area contributed by atoms with Gasteiger partial charge in [0, 0.05) is 17.8 Å². The van der Waals surface area contributed by atoms with Gasteiger partial charge in [0.2, 0.25) is 5.91 Å². The van der Waals surface area contributed by atoms with Gasteiger partial charge in [-0.15, -0.1) is 0 Å². The maximum absolute atomic E-state index is 12.5. The summed E-state index contributed by atoms with van der Waals surface area (Å²) in [6.07, 6.45) is 2.88. The van der Waals surface area contributed by atoms with Gasteiger partial charge in [-0.25, -0.2) is 0 Å². The van der Waals surface area contributed by atoms with E-state index in [9.17, 15) is 9.59 Å². The Hall–Kier alpha value is -1.59. The molecule has 1 aliphatic rings. The molecule has 0 bridgehead atoms. The number of carboxylic acids is 1. The lowest BCUT2D eigenvalue weighted by Gasteiger charge is -2.41. The van der Waals surface area contributed by atoms with Crippen LogP contribution in [0.15, 0.2) is 24.3 Å². The number of carboxylic acid groups (broad SMARTS) is 1. The van der Waals surface area contributed by atoms with Crippen molar-refractivity contribution in [2.45, 2.75) is 31.3 Å². The number of halogens is 1. The molecule has 1 aliphatic carbocycles. The number of aliphatic carboxylic acids is 1. The van der Waals surface area contributed by atoms with Crippen molar-refractivity contribution < 1.29 is 19.4 Å². The molecule has 0 unspecified atom stereocenters. The van der Waals surface area contributed by atoms with Crippen LogP contribution in [0.2, 0.25) is 5.02 Å². The summed E-state index contributed by atoms with van der Waals surface area (Å²) < 4.78 is 5.44. The van der Waals surface area contributed by atoms with Crippen LogP contribution in [-0.2, 0) is 14.3 Å². The van der Waals surface area contributed by atoms with Gasteiger partial charge in [0.1, 0.15) is 6.54 Å². The van der Waals surface area contributed by atoms with Crippen molar-refractivity contribution >= 4 is 29.2 Å². The van der Waals surface area contributed by atoms with Crippen molar-refractivity contribution in [3.8, 4) is 0 Å². The normalized spacial score (nSPS) is 16.1. The molecule has 1 amide bonds. The van der Waals surface area contributed by atoms with Crippen LogP contribution >= 0.6 is 11.6 Å². The Bertz CT molecular complexity index is 519. The molecular formula is C15H18ClNO4. The topological polar surface area (TPSA) is 66.8 Å². The van der Waals surface area contributed by atoms with Gasteiger partial charge in [0.05, 0.1) is 12.0 Å². The first-order valence-corrected chi connectivity index (χ1v) is 7.16. The summed E-state index contributed by atoms with van der Waals surface area (Å²) in [5.74, 6) is -1.31. The van der Waals surface area contributed by atoms with E-state index in [0.29, 0.717) is 10.7 Å². The van der Waals surface area contributed by atoms with Gasteiger partial charge >= 0.3 is 5.97 Å². The zero-order valence-corrected chi connectivity index (χ0v) is 12.6. The predicted octanol–water partition coefficient (Wildman–Crippen LogP) is 2.72. The lowest BCUT2D eigenvalue weighted by molar-refractivity contribution is -0.139. The van der Waals surface area contributed by atoms with Crippen molar-refractivity contribution in [1.29, 1.82) is 0 Å². The Labute approximate surface area is 128 Å². The minimum Gasteiger partial charge on any atom is -0.480 e. The summed E-state index contributed by atoms with van der Waals surface area (Å²) in [7, 11) is 1.59. The van der Waals surface area contributed by atoms with Gasteiger partial charge < -0.3 is 14.7 Å². The molecule has 1 N–H and O–H groups in total. The molecule has 0 radical (unpaired) electrons. The number of hydrogen-bond donors (Lipinski definition) is 1. The quantitative estimate of drug-likeness (QED) is 0.877. The SMILES string of the molecule is COC1(CC(=O)N(CC(=O)O)c2ccc(Cl)cc2)CCC1. The maximum Gasteiger partial charge on any atom is 0.323 e. The molecule has 0 atom stereocenters. The van der Waals surface area contributed by atoms with E-state index in [4.69, 9.17) is 21.4 Å². The second kappa shape index (κ2) is 6.45. The van der Waals surface area contributed by atoms with E-state index in [0.717, 1.165) is 19.3 Å². The van der Waals surface area contributed by atoms with Crippen LogP contribution in [0.5, 0.6) is 0 Å². The monoisotopic (exact) mass is 311 g/mol. The summed E-state index contributed by atoms with van der Waals surface area (Å²) in [5, 5.41) is 9.56. The smallest absolute Gasteiger partial charge is 0.323 e. The largest absolute Gasteiger partial charge is 0.480 e. The molecule has 1 aromatic rings. The van der Waals surface area contributed by atoms with Crippen molar-refractivity contribution in [2.75, 3.05) is 18.6 Å². The van der Waals surface area contributed by atoms with Gasteiger partial charge in [0.15, 0.2) is 0 Å². The van der Waals surface area contributed by atoms with Crippen LogP contribution in [0.25, 0.3) is 0 Å². The molecule has 0 saturated heterocycles. The third-order valence-electron chi connectivity index (χ3n) is 3.90. The maximum atomic E-state index is 12.5. The average Bonchev–Trinajstić information content (AvgIpc) is 2.41. The highest BCUT2D eigenvalue weighted by Gasteiger charge is 2.40. The Kier molecular flexibility index (Phi) is 4.85. The third kappa shape index (κ3) is 3.74. The summed E-state index contributed by atoms with van der Waals surface area (Å²) in [6.45, 7) is -0.375. The molecule has 1 saturated carbocycles. The van der Waals surface area contributed by atoms with Crippen molar-refractivity contribution in [2.24, 2.45) is 0 Å². The Morgan fingerprint density at radius 2 is 1.95 bits per heavy atom. The minimum absolute atomic E-state index is 0.194. The Balaban J connectivity index is 2.17. The van der Waals surface area contributed by atoms with Gasteiger partial charge in [0.25, 0.3) is 0 Å². The van der Waals surface area contributed by atoms with Crippen molar-refractivity contribution in [3.05, 3.63) is 29.3 Å². The lowest BCUT2D eigenvalue weighted by Crippen LogP contribution is -2.46. The molecule has 5 nitrogen and oxygen atoms in total. The van der Waals surface area contributed by atoms with Crippen LogP contribution < -0.4 is 4.90 Å². The number of ether oxygens (including phenoxy) is 1. The predicted molar refractivity (Wildman–Crippen MR) is 79.6 cm³/mol. The molecular weight excluding hydrogens is 294 g/mol. The van der Waals surface area contributed by atoms with E-state index in [1.54, 1.807) is 31.4 Å². The second-order valence-corrected chi connectivity index (χ2v) is 5.70. The number of anilines is 1. The standard InChI is InChI=1S/C15H18ClNO4/c1-21-15(7-2-8-15)9-13(18)17(10-14(19)20)12-5-3-11(16)4-6-12/h3-6H,2,7-10H2,1H3,(H,19,20). The molecule has 1 fully saturated rings. The van der Waals surface area contributed by atoms with E-state index < -0.39 is 11.6 Å². The van der Waals surface area contributed by atoms with E-state index in [1.807, 2.05) is 0 Å². The van der Waals surface area contributed by atoms with Gasteiger partial charge in [-0.3, -0.25) is 9.59 Å². The van der Waals surface area contributed by atoms with E-state index in [-0.39, 0.29) is 18.9 Å². The van der Waals surface area contributed by atoms with Crippen LogP contribution in [-0.4, -0.2) is 36.2 Å². The lowest BCUT2D eigenvalue weighted by atomic mass is 9.77. The highest BCUT2D eigenvalue weighted by atomic mass is 35.5. The number of benzene rings is 1. The second-order valence-electron chi connectivity index (χ2n) is 5.27. The summed E-state index contributed by atoms with van der Waals surface area (Å²) in [5.41, 5.74) is 0.0951. The van der Waals surface area contributed by atoms with Crippen LogP contribution in [0, 0.1) is 0 Å². The highest BCUT2D eigenvalue weighted by molar-refractivity contribution is 6.30. The number of carbonyl (C=O) groups excluding carboxylic acids is 1. The Morgan fingerprint density at radius 1 is 1.33 bits per heavy atom. The van der Waals surface area contributed by atoms with E-state index >= 15 is 0 Å². The number of rotatable bonds is 6. The average molecular weight is 312 g/mol. The molecule has 1 aromatic carbocycles. The zero-order valence-electron chi connectivity index (χ0n) is 11.8. The molecule has 114 valence electrons. The minimum atomic E-state index is -1.06. The third-order valence-corrected chi connectivity index (χ3v) is 4.16. The number of carbonyl (C=O) groups is 2. The van der Waals surface area contributed by atoms with Crippen LogP contribution in [0.4, 0.5) is 5.69 Å². The summed E-state index contributed by atoms with van der Waals surface area (Å²) in [6, 6.07) is 6.55. The fraction of sp³-hybridized carbons (Fsp3) is 0.467. The number of amides is 1. The molecule has 0 aromatic heterocycles. The zero-order chi connectivity index (χ0) is 15.5. The first-order chi connectivity index (χ1) is 9.96. The van der Waals surface area contributed by atoms with Gasteiger partial charge in [-0.05, 0) is 43.5 Å². The molecule has 0 heterocycles.